The molecule has 2 nitrogen and oxygen atoms in total. The minimum atomic E-state index is -0.0762. The molecule has 0 unspecified atom stereocenters. The number of hydrogen-bond acceptors (Lipinski definition) is 2. The first-order valence-electron chi connectivity index (χ1n) is 5.21. The van der Waals surface area contributed by atoms with Gasteiger partial charge in [-0.2, -0.15) is 0 Å². The van der Waals surface area contributed by atoms with Crippen LogP contribution in [0.15, 0.2) is 42.5 Å². The summed E-state index contributed by atoms with van der Waals surface area (Å²) >= 11 is 0. The monoisotopic (exact) mass is 214 g/mol. The van der Waals surface area contributed by atoms with Crippen molar-refractivity contribution in [1.29, 1.82) is 0 Å². The lowest BCUT2D eigenvalue weighted by Crippen LogP contribution is -1.87. The number of aryl methyl sites for hydroxylation is 1. The summed E-state index contributed by atoms with van der Waals surface area (Å²) in [7, 11) is 0. The highest BCUT2D eigenvalue weighted by atomic mass is 16.3. The minimum Gasteiger partial charge on any atom is -0.504 e. The molecule has 0 aliphatic carbocycles. The van der Waals surface area contributed by atoms with Gasteiger partial charge in [0.05, 0.1) is 0 Å². The van der Waals surface area contributed by atoms with Gasteiger partial charge in [0, 0.05) is 0 Å². The fourth-order valence-corrected chi connectivity index (χ4v) is 1.62. The number of benzene rings is 2. The Balaban J connectivity index is 2.20. The molecule has 0 aromatic heterocycles. The number of rotatable bonds is 2. The first-order chi connectivity index (χ1) is 7.65. The van der Waals surface area contributed by atoms with Crippen LogP contribution in [0.3, 0.4) is 0 Å². The summed E-state index contributed by atoms with van der Waals surface area (Å²) in [6, 6.07) is 13.2. The van der Waals surface area contributed by atoms with E-state index in [1.165, 1.54) is 17.2 Å². The summed E-state index contributed by atoms with van der Waals surface area (Å²) in [4.78, 5) is 0. The van der Waals surface area contributed by atoms with Crippen molar-refractivity contribution in [3.8, 4) is 11.5 Å². The normalized spacial score (nSPS) is 10.3. The molecule has 0 amide bonds. The molecule has 0 saturated carbocycles. The van der Waals surface area contributed by atoms with Gasteiger partial charge in [-0.1, -0.05) is 35.9 Å². The molecule has 16 heavy (non-hydrogen) atoms. The first-order valence-corrected chi connectivity index (χ1v) is 5.21. The third kappa shape index (κ3) is 2.34. The third-order valence-electron chi connectivity index (χ3n) is 2.57. The van der Waals surface area contributed by atoms with Crippen LogP contribution in [0.1, 0.15) is 16.7 Å². The summed E-state index contributed by atoms with van der Waals surface area (Å²) in [5.74, 6) is -0.141. The van der Waals surface area contributed by atoms with Gasteiger partial charge < -0.3 is 10.2 Å². The maximum absolute atomic E-state index is 9.37. The second kappa shape index (κ2) is 4.27. The molecule has 0 spiro atoms. The zero-order valence-electron chi connectivity index (χ0n) is 9.14. The lowest BCUT2D eigenvalue weighted by Gasteiger charge is -2.04. The van der Waals surface area contributed by atoms with Gasteiger partial charge in [0.2, 0.25) is 0 Å². The second-order valence-electron chi connectivity index (χ2n) is 3.99. The van der Waals surface area contributed by atoms with Crippen LogP contribution in [0.2, 0.25) is 0 Å². The molecule has 2 N–H and O–H groups in total. The van der Waals surface area contributed by atoms with Crippen LogP contribution in [0, 0.1) is 6.92 Å². The van der Waals surface area contributed by atoms with E-state index in [0.717, 1.165) is 12.0 Å². The van der Waals surface area contributed by atoms with Gasteiger partial charge in [-0.05, 0) is 36.6 Å². The van der Waals surface area contributed by atoms with E-state index >= 15 is 0 Å². The minimum absolute atomic E-state index is 0.0652. The molecule has 82 valence electrons. The number of hydrogen-bond donors (Lipinski definition) is 2. The van der Waals surface area contributed by atoms with Gasteiger partial charge >= 0.3 is 0 Å². The van der Waals surface area contributed by atoms with Gasteiger partial charge in [0.25, 0.3) is 0 Å². The van der Waals surface area contributed by atoms with Gasteiger partial charge in [0.15, 0.2) is 11.5 Å². The van der Waals surface area contributed by atoms with Crippen molar-refractivity contribution in [2.75, 3.05) is 0 Å². The Hall–Kier alpha value is -1.96. The molecule has 0 bridgehead atoms. The summed E-state index contributed by atoms with van der Waals surface area (Å²) in [6.45, 7) is 2.05. The highest BCUT2D eigenvalue weighted by Gasteiger charge is 2.01. The molecule has 2 aromatic rings. The standard InChI is InChI=1S/C14H14O2/c1-10-2-4-11(5-3-10)8-12-6-7-13(15)14(16)9-12/h2-7,9,15-16H,8H2,1H3. The van der Waals surface area contributed by atoms with Crippen molar-refractivity contribution >= 4 is 0 Å². The lowest BCUT2D eigenvalue weighted by atomic mass is 10.0. The van der Waals surface area contributed by atoms with Gasteiger partial charge in [-0.25, -0.2) is 0 Å². The van der Waals surface area contributed by atoms with E-state index in [1.807, 2.05) is 6.07 Å². The molecule has 0 atom stereocenters. The SMILES string of the molecule is Cc1ccc(Cc2ccc(O)c(O)c2)cc1. The lowest BCUT2D eigenvalue weighted by molar-refractivity contribution is 0.403. The van der Waals surface area contributed by atoms with E-state index in [0.29, 0.717) is 0 Å². The first kappa shape index (κ1) is 10.6. The molecule has 2 aromatic carbocycles. The Labute approximate surface area is 94.8 Å². The van der Waals surface area contributed by atoms with Crippen molar-refractivity contribution in [2.24, 2.45) is 0 Å². The fraction of sp³-hybridized carbons (Fsp3) is 0.143. The van der Waals surface area contributed by atoms with Crippen LogP contribution in [0.4, 0.5) is 0 Å². The molecule has 0 fully saturated rings. The molecule has 2 heteroatoms. The maximum Gasteiger partial charge on any atom is 0.157 e. The predicted molar refractivity (Wildman–Crippen MR) is 63.8 cm³/mol. The average molecular weight is 214 g/mol. The maximum atomic E-state index is 9.37. The van der Waals surface area contributed by atoms with E-state index in [9.17, 15) is 10.2 Å². The van der Waals surface area contributed by atoms with E-state index in [1.54, 1.807) is 6.07 Å². The third-order valence-corrected chi connectivity index (χ3v) is 2.57. The highest BCUT2D eigenvalue weighted by molar-refractivity contribution is 5.42. The zero-order chi connectivity index (χ0) is 11.5. The van der Waals surface area contributed by atoms with Gasteiger partial charge in [0.1, 0.15) is 0 Å². The Kier molecular flexibility index (Phi) is 2.82. The predicted octanol–water partition coefficient (Wildman–Crippen LogP) is 3.00. The fourth-order valence-electron chi connectivity index (χ4n) is 1.62. The smallest absolute Gasteiger partial charge is 0.157 e. The van der Waals surface area contributed by atoms with Crippen LogP contribution < -0.4 is 0 Å². The summed E-state index contributed by atoms with van der Waals surface area (Å²) < 4.78 is 0. The van der Waals surface area contributed by atoms with Crippen LogP contribution in [-0.4, -0.2) is 10.2 Å². The molecule has 0 heterocycles. The average Bonchev–Trinajstić information content (AvgIpc) is 2.27. The summed E-state index contributed by atoms with van der Waals surface area (Å²) in [5.41, 5.74) is 3.41. The van der Waals surface area contributed by atoms with Crippen molar-refractivity contribution in [1.82, 2.24) is 0 Å². The van der Waals surface area contributed by atoms with Crippen molar-refractivity contribution in [2.45, 2.75) is 13.3 Å². The van der Waals surface area contributed by atoms with Crippen LogP contribution in [0.5, 0.6) is 11.5 Å². The quantitative estimate of drug-likeness (QED) is 0.754. The van der Waals surface area contributed by atoms with E-state index in [4.69, 9.17) is 0 Å². The number of phenolic OH excluding ortho intramolecular Hbond substituents is 2. The highest BCUT2D eigenvalue weighted by Crippen LogP contribution is 2.25. The van der Waals surface area contributed by atoms with Crippen molar-refractivity contribution in [3.63, 3.8) is 0 Å². The Morgan fingerprint density at radius 1 is 0.812 bits per heavy atom. The van der Waals surface area contributed by atoms with Crippen LogP contribution >= 0.6 is 0 Å². The summed E-state index contributed by atoms with van der Waals surface area (Å²) in [6.07, 6.45) is 0.758. The molecular weight excluding hydrogens is 200 g/mol. The topological polar surface area (TPSA) is 40.5 Å². The molecule has 0 aliphatic rings. The van der Waals surface area contributed by atoms with Crippen LogP contribution in [0.25, 0.3) is 0 Å². The van der Waals surface area contributed by atoms with Crippen LogP contribution in [-0.2, 0) is 6.42 Å². The molecular formula is C14H14O2. The van der Waals surface area contributed by atoms with E-state index in [2.05, 4.69) is 31.2 Å². The second-order valence-corrected chi connectivity index (χ2v) is 3.99. The van der Waals surface area contributed by atoms with E-state index in [-0.39, 0.29) is 11.5 Å². The van der Waals surface area contributed by atoms with Gasteiger partial charge in [-0.3, -0.25) is 0 Å². The molecule has 2 rings (SSSR count). The Morgan fingerprint density at radius 3 is 2.06 bits per heavy atom. The molecule has 0 radical (unpaired) electrons. The summed E-state index contributed by atoms with van der Waals surface area (Å²) in [5, 5.41) is 18.6. The molecule has 0 saturated heterocycles. The largest absolute Gasteiger partial charge is 0.504 e. The Bertz CT molecular complexity index is 487. The van der Waals surface area contributed by atoms with Crippen molar-refractivity contribution in [3.05, 3.63) is 59.2 Å². The van der Waals surface area contributed by atoms with Crippen molar-refractivity contribution < 1.29 is 10.2 Å². The Morgan fingerprint density at radius 2 is 1.44 bits per heavy atom. The number of phenols is 2. The molecule has 0 aliphatic heterocycles. The van der Waals surface area contributed by atoms with E-state index < -0.39 is 0 Å². The zero-order valence-corrected chi connectivity index (χ0v) is 9.14. The van der Waals surface area contributed by atoms with Gasteiger partial charge in [-0.15, -0.1) is 0 Å². The number of aromatic hydroxyl groups is 2.